The van der Waals surface area contributed by atoms with Crippen LogP contribution >= 0.6 is 0 Å². The average Bonchev–Trinajstić information content (AvgIpc) is 3.18. The number of hydrogen-bond donors (Lipinski definition) is 1. The van der Waals surface area contributed by atoms with Gasteiger partial charge in [-0.1, -0.05) is 30.3 Å². The molecule has 7 heteroatoms. The van der Waals surface area contributed by atoms with Crippen LogP contribution in [-0.2, 0) is 16.6 Å². The minimum atomic E-state index is -1.01. The third-order valence-corrected chi connectivity index (χ3v) is 8.17. The predicted octanol–water partition coefficient (Wildman–Crippen LogP) is 4.21. The zero-order valence-corrected chi connectivity index (χ0v) is 19.4. The molecule has 1 aliphatic carbocycles. The van der Waals surface area contributed by atoms with Gasteiger partial charge in [0, 0.05) is 32.1 Å². The lowest BCUT2D eigenvalue weighted by atomic mass is 9.88. The van der Waals surface area contributed by atoms with Gasteiger partial charge in [0.05, 0.1) is 5.52 Å². The van der Waals surface area contributed by atoms with E-state index in [9.17, 15) is 14.7 Å². The summed E-state index contributed by atoms with van der Waals surface area (Å²) in [5.74, 6) is -0.253. The first-order valence-electron chi connectivity index (χ1n) is 12.2. The highest BCUT2D eigenvalue weighted by molar-refractivity contribution is 6.02. The Morgan fingerprint density at radius 2 is 1.82 bits per heavy atom. The van der Waals surface area contributed by atoms with Gasteiger partial charge in [0.25, 0.3) is 5.91 Å². The van der Waals surface area contributed by atoms with Crippen LogP contribution in [0.1, 0.15) is 54.1 Å². The number of carbonyl (C=O) groups excluding carboxylic acids is 1. The van der Waals surface area contributed by atoms with Gasteiger partial charge >= 0.3 is 5.97 Å². The molecular formula is C27H29N3O4. The molecule has 1 N–H and O–H groups in total. The molecule has 2 aliphatic heterocycles. The first-order chi connectivity index (χ1) is 16.4. The first-order valence-corrected chi connectivity index (χ1v) is 12.2. The van der Waals surface area contributed by atoms with Gasteiger partial charge in [-0.05, 0) is 72.3 Å². The molecular weight excluding hydrogens is 430 g/mol. The van der Waals surface area contributed by atoms with Crippen LogP contribution in [0.5, 0.6) is 0 Å². The van der Waals surface area contributed by atoms with Crippen molar-refractivity contribution in [2.24, 2.45) is 12.5 Å². The van der Waals surface area contributed by atoms with Gasteiger partial charge in [-0.3, -0.25) is 9.48 Å². The molecule has 0 radical (unpaired) electrons. The molecule has 0 bridgehead atoms. The fourth-order valence-corrected chi connectivity index (χ4v) is 6.02. The van der Waals surface area contributed by atoms with E-state index in [1.54, 1.807) is 11.7 Å². The van der Waals surface area contributed by atoms with Crippen molar-refractivity contribution in [2.45, 2.75) is 44.1 Å². The molecule has 2 atom stereocenters. The number of benzene rings is 2. The summed E-state index contributed by atoms with van der Waals surface area (Å²) in [4.78, 5) is 26.1. The van der Waals surface area contributed by atoms with E-state index in [-0.39, 0.29) is 17.7 Å². The average molecular weight is 460 g/mol. The van der Waals surface area contributed by atoms with Gasteiger partial charge < -0.3 is 14.7 Å². The number of fused-ring (bicyclic) bond motifs is 1. The maximum absolute atomic E-state index is 12.7. The normalized spacial score (nSPS) is 23.5. The van der Waals surface area contributed by atoms with E-state index >= 15 is 0 Å². The number of carbonyl (C=O) groups is 2. The summed E-state index contributed by atoms with van der Waals surface area (Å²) in [7, 11) is 1.77. The van der Waals surface area contributed by atoms with E-state index < -0.39 is 5.97 Å². The maximum atomic E-state index is 12.7. The van der Waals surface area contributed by atoms with Gasteiger partial charge in [0.1, 0.15) is 6.10 Å². The van der Waals surface area contributed by atoms with Crippen LogP contribution < -0.4 is 0 Å². The molecule has 1 spiro atoms. The highest BCUT2D eigenvalue weighted by atomic mass is 16.5. The van der Waals surface area contributed by atoms with Crippen molar-refractivity contribution in [1.29, 1.82) is 0 Å². The highest BCUT2D eigenvalue weighted by Crippen LogP contribution is 2.65. The molecule has 2 aromatic carbocycles. The number of rotatable bonds is 4. The van der Waals surface area contributed by atoms with Crippen molar-refractivity contribution < 1.29 is 19.4 Å². The summed E-state index contributed by atoms with van der Waals surface area (Å²) in [6, 6.07) is 14.6. The van der Waals surface area contributed by atoms with Crippen LogP contribution in [0.2, 0.25) is 0 Å². The fraction of sp³-hybridized carbons (Fsp3) is 0.444. The Kier molecular flexibility index (Phi) is 4.99. The van der Waals surface area contributed by atoms with Crippen molar-refractivity contribution in [1.82, 2.24) is 14.7 Å². The smallest absolute Gasteiger partial charge is 0.357 e. The maximum Gasteiger partial charge on any atom is 0.357 e. The van der Waals surface area contributed by atoms with E-state index in [4.69, 9.17) is 4.74 Å². The second-order valence-corrected chi connectivity index (χ2v) is 10.1. The highest BCUT2D eigenvalue weighted by Gasteiger charge is 2.55. The number of piperidine rings is 1. The summed E-state index contributed by atoms with van der Waals surface area (Å²) < 4.78 is 7.22. The zero-order valence-electron chi connectivity index (χ0n) is 19.4. The molecule has 7 nitrogen and oxygen atoms in total. The standard InChI is InChI=1S/C27H29N3O4/c1-29-22-15-19(8-9-20(22)24(28-29)26(32)33)17-4-6-18(7-5-17)21-16-27(21)10-12-30(13-11-27)25(31)23-3-2-14-34-23/h4-9,15,21,23H,2-3,10-14,16H2,1H3,(H,32,33)/t21-,23?/m1/s1. The number of carboxylic acid groups (broad SMARTS) is 1. The van der Waals surface area contributed by atoms with Crippen LogP contribution in [-0.4, -0.2) is 57.5 Å². The summed E-state index contributed by atoms with van der Waals surface area (Å²) in [6.45, 7) is 2.40. The Hall–Kier alpha value is -3.19. The number of aryl methyl sites for hydroxylation is 1. The van der Waals surface area contributed by atoms with Crippen molar-refractivity contribution >= 4 is 22.8 Å². The minimum Gasteiger partial charge on any atom is -0.476 e. The number of carboxylic acids is 1. The molecule has 1 saturated carbocycles. The van der Waals surface area contributed by atoms with Crippen molar-refractivity contribution in [3.8, 4) is 11.1 Å². The Balaban J connectivity index is 1.14. The monoisotopic (exact) mass is 459 g/mol. The van der Waals surface area contributed by atoms with Crippen LogP contribution in [0.4, 0.5) is 0 Å². The minimum absolute atomic E-state index is 0.0851. The van der Waals surface area contributed by atoms with Crippen LogP contribution in [0.15, 0.2) is 42.5 Å². The largest absolute Gasteiger partial charge is 0.476 e. The Labute approximate surface area is 198 Å². The Bertz CT molecular complexity index is 1270. The second kappa shape index (κ2) is 7.94. The summed E-state index contributed by atoms with van der Waals surface area (Å²) in [6.07, 6.45) is 4.99. The van der Waals surface area contributed by atoms with Gasteiger partial charge in [0.2, 0.25) is 0 Å². The molecule has 6 rings (SSSR count). The SMILES string of the molecule is Cn1nc(C(=O)O)c2ccc(-c3ccc([C@H]4CC45CCN(C(=O)C4CCCO4)CC5)cc3)cc21. The number of nitrogens with zero attached hydrogens (tertiary/aromatic N) is 3. The van der Waals surface area contributed by atoms with Crippen LogP contribution in [0, 0.1) is 5.41 Å². The summed E-state index contributed by atoms with van der Waals surface area (Å²) in [5.41, 5.74) is 4.76. The van der Waals surface area contributed by atoms with E-state index in [0.717, 1.165) is 55.4 Å². The number of hydrogen-bond acceptors (Lipinski definition) is 4. The third kappa shape index (κ3) is 3.50. The van der Waals surface area contributed by atoms with Crippen LogP contribution in [0.3, 0.4) is 0 Å². The second-order valence-electron chi connectivity index (χ2n) is 10.1. The topological polar surface area (TPSA) is 84.7 Å². The van der Waals surface area contributed by atoms with E-state index in [2.05, 4.69) is 29.4 Å². The summed E-state index contributed by atoms with van der Waals surface area (Å²) in [5, 5.41) is 14.2. The molecule has 34 heavy (non-hydrogen) atoms. The zero-order chi connectivity index (χ0) is 23.4. The molecule has 1 unspecified atom stereocenters. The van der Waals surface area contributed by atoms with E-state index in [0.29, 0.717) is 23.3 Å². The quantitative estimate of drug-likeness (QED) is 0.632. The molecule has 3 aliphatic rings. The molecule has 176 valence electrons. The van der Waals surface area contributed by atoms with Gasteiger partial charge in [-0.2, -0.15) is 5.10 Å². The van der Waals surface area contributed by atoms with Gasteiger partial charge in [0.15, 0.2) is 5.69 Å². The molecule has 3 fully saturated rings. The number of amides is 1. The Morgan fingerprint density at radius 3 is 2.50 bits per heavy atom. The first kappa shape index (κ1) is 21.4. The lowest BCUT2D eigenvalue weighted by molar-refractivity contribution is -0.142. The predicted molar refractivity (Wildman–Crippen MR) is 128 cm³/mol. The molecule has 1 aromatic heterocycles. The number of ether oxygens (including phenoxy) is 1. The molecule has 1 amide bonds. The van der Waals surface area contributed by atoms with E-state index in [1.165, 1.54) is 12.0 Å². The fourth-order valence-electron chi connectivity index (χ4n) is 6.02. The van der Waals surface area contributed by atoms with Gasteiger partial charge in [-0.15, -0.1) is 0 Å². The van der Waals surface area contributed by atoms with Crippen molar-refractivity contribution in [2.75, 3.05) is 19.7 Å². The number of likely N-dealkylation sites (tertiary alicyclic amines) is 1. The number of aromatic nitrogens is 2. The molecule has 2 saturated heterocycles. The summed E-state index contributed by atoms with van der Waals surface area (Å²) >= 11 is 0. The third-order valence-electron chi connectivity index (χ3n) is 8.17. The lowest BCUT2D eigenvalue weighted by Gasteiger charge is -2.34. The Morgan fingerprint density at radius 1 is 1.09 bits per heavy atom. The van der Waals surface area contributed by atoms with Crippen molar-refractivity contribution in [3.05, 3.63) is 53.7 Å². The lowest BCUT2D eigenvalue weighted by Crippen LogP contribution is -2.44. The number of aromatic carboxylic acids is 1. The molecule has 3 heterocycles. The van der Waals surface area contributed by atoms with Crippen molar-refractivity contribution in [3.63, 3.8) is 0 Å². The van der Waals surface area contributed by atoms with Gasteiger partial charge in [-0.25, -0.2) is 4.79 Å². The van der Waals surface area contributed by atoms with E-state index in [1.807, 2.05) is 23.1 Å². The molecule has 3 aromatic rings. The van der Waals surface area contributed by atoms with Crippen LogP contribution in [0.25, 0.3) is 22.0 Å².